The maximum absolute atomic E-state index is 12.4. The standard InChI is InChI=1S/C18H17ClO3/c1-12-3-5-13(6-4-12)16(18(21)22-2)11-17(20)14-7-9-15(19)10-8-14/h3-10,16H,11H2,1-2H3. The van der Waals surface area contributed by atoms with Crippen LogP contribution in [0, 0.1) is 6.92 Å². The van der Waals surface area contributed by atoms with Gasteiger partial charge in [0.15, 0.2) is 5.78 Å². The molecule has 0 saturated heterocycles. The van der Waals surface area contributed by atoms with Crippen molar-refractivity contribution < 1.29 is 14.3 Å². The number of Topliss-reactive ketones (excluding diaryl/α,β-unsaturated/α-hetero) is 1. The number of hydrogen-bond acceptors (Lipinski definition) is 3. The number of ketones is 1. The van der Waals surface area contributed by atoms with Crippen molar-refractivity contribution in [1.29, 1.82) is 0 Å². The van der Waals surface area contributed by atoms with E-state index in [4.69, 9.17) is 16.3 Å². The van der Waals surface area contributed by atoms with Gasteiger partial charge in [-0.3, -0.25) is 9.59 Å². The Morgan fingerprint density at radius 2 is 1.64 bits per heavy atom. The molecule has 0 amide bonds. The molecule has 3 nitrogen and oxygen atoms in total. The van der Waals surface area contributed by atoms with Crippen molar-refractivity contribution in [2.24, 2.45) is 0 Å². The number of carbonyl (C=O) groups excluding carboxylic acids is 2. The fourth-order valence-corrected chi connectivity index (χ4v) is 2.34. The van der Waals surface area contributed by atoms with Gasteiger partial charge in [0.25, 0.3) is 0 Å². The third-order valence-electron chi connectivity index (χ3n) is 3.52. The molecule has 2 aromatic carbocycles. The first-order valence-electron chi connectivity index (χ1n) is 6.94. The average molecular weight is 317 g/mol. The van der Waals surface area contributed by atoms with Crippen molar-refractivity contribution in [2.45, 2.75) is 19.3 Å². The highest BCUT2D eigenvalue weighted by Crippen LogP contribution is 2.24. The van der Waals surface area contributed by atoms with Crippen molar-refractivity contribution in [1.82, 2.24) is 0 Å². The molecular formula is C18H17ClO3. The number of hydrogen-bond donors (Lipinski definition) is 0. The van der Waals surface area contributed by atoms with Crippen molar-refractivity contribution in [3.05, 3.63) is 70.2 Å². The number of esters is 1. The normalized spacial score (nSPS) is 11.8. The van der Waals surface area contributed by atoms with Crippen LogP contribution in [0.5, 0.6) is 0 Å². The molecule has 0 heterocycles. The van der Waals surface area contributed by atoms with E-state index in [1.807, 2.05) is 31.2 Å². The van der Waals surface area contributed by atoms with Gasteiger partial charge in [0.2, 0.25) is 0 Å². The molecule has 2 aromatic rings. The molecule has 1 atom stereocenters. The van der Waals surface area contributed by atoms with Gasteiger partial charge in [-0.15, -0.1) is 0 Å². The van der Waals surface area contributed by atoms with Crippen molar-refractivity contribution in [3.8, 4) is 0 Å². The Morgan fingerprint density at radius 3 is 2.18 bits per heavy atom. The highest BCUT2D eigenvalue weighted by Gasteiger charge is 2.25. The van der Waals surface area contributed by atoms with Crippen LogP contribution in [0.25, 0.3) is 0 Å². The van der Waals surface area contributed by atoms with Gasteiger partial charge < -0.3 is 4.74 Å². The van der Waals surface area contributed by atoms with E-state index in [1.165, 1.54) is 7.11 Å². The molecule has 0 saturated carbocycles. The quantitative estimate of drug-likeness (QED) is 0.614. The third kappa shape index (κ3) is 3.95. The summed E-state index contributed by atoms with van der Waals surface area (Å²) in [6.45, 7) is 1.97. The van der Waals surface area contributed by atoms with Crippen LogP contribution in [0.2, 0.25) is 5.02 Å². The molecule has 0 aliphatic rings. The van der Waals surface area contributed by atoms with E-state index in [9.17, 15) is 9.59 Å². The largest absolute Gasteiger partial charge is 0.469 e. The first-order chi connectivity index (χ1) is 10.5. The van der Waals surface area contributed by atoms with Crippen LogP contribution < -0.4 is 0 Å². The Bertz CT molecular complexity index is 660. The minimum atomic E-state index is -0.603. The molecule has 114 valence electrons. The monoisotopic (exact) mass is 316 g/mol. The third-order valence-corrected chi connectivity index (χ3v) is 3.77. The van der Waals surface area contributed by atoms with Gasteiger partial charge in [-0.1, -0.05) is 41.4 Å². The van der Waals surface area contributed by atoms with Gasteiger partial charge >= 0.3 is 5.97 Å². The summed E-state index contributed by atoms with van der Waals surface area (Å²) >= 11 is 5.82. The zero-order valence-corrected chi connectivity index (χ0v) is 13.3. The average Bonchev–Trinajstić information content (AvgIpc) is 2.53. The molecule has 0 radical (unpaired) electrons. The second-order valence-electron chi connectivity index (χ2n) is 5.12. The first-order valence-corrected chi connectivity index (χ1v) is 7.32. The molecule has 0 aromatic heterocycles. The molecule has 1 unspecified atom stereocenters. The molecule has 0 aliphatic carbocycles. The van der Waals surface area contributed by atoms with Crippen LogP contribution in [-0.2, 0) is 9.53 Å². The van der Waals surface area contributed by atoms with E-state index in [-0.39, 0.29) is 12.2 Å². The highest BCUT2D eigenvalue weighted by atomic mass is 35.5. The molecule has 0 spiro atoms. The predicted molar refractivity (Wildman–Crippen MR) is 86.3 cm³/mol. The number of carbonyl (C=O) groups is 2. The summed E-state index contributed by atoms with van der Waals surface area (Å²) in [5.74, 6) is -1.13. The second-order valence-corrected chi connectivity index (χ2v) is 5.56. The number of ether oxygens (including phenoxy) is 1. The lowest BCUT2D eigenvalue weighted by Gasteiger charge is -2.14. The van der Waals surface area contributed by atoms with E-state index in [0.29, 0.717) is 10.6 Å². The van der Waals surface area contributed by atoms with Crippen LogP contribution >= 0.6 is 11.6 Å². The Kier molecular flexibility index (Phi) is 5.34. The fraction of sp³-hybridized carbons (Fsp3) is 0.222. The number of rotatable bonds is 5. The van der Waals surface area contributed by atoms with Crippen LogP contribution in [0.3, 0.4) is 0 Å². The van der Waals surface area contributed by atoms with Crippen molar-refractivity contribution in [3.63, 3.8) is 0 Å². The predicted octanol–water partition coefficient (Wildman–Crippen LogP) is 4.18. The summed E-state index contributed by atoms with van der Waals surface area (Å²) in [7, 11) is 1.33. The van der Waals surface area contributed by atoms with Gasteiger partial charge in [-0.05, 0) is 36.8 Å². The Balaban J connectivity index is 2.23. The van der Waals surface area contributed by atoms with Crippen LogP contribution in [0.1, 0.15) is 33.8 Å². The Morgan fingerprint density at radius 1 is 1.05 bits per heavy atom. The topological polar surface area (TPSA) is 43.4 Å². The lowest BCUT2D eigenvalue weighted by atomic mass is 9.91. The summed E-state index contributed by atoms with van der Waals surface area (Å²) in [5, 5.41) is 0.569. The maximum Gasteiger partial charge on any atom is 0.313 e. The Hall–Kier alpha value is -2.13. The van der Waals surface area contributed by atoms with Gasteiger partial charge in [-0.25, -0.2) is 0 Å². The summed E-state index contributed by atoms with van der Waals surface area (Å²) < 4.78 is 4.84. The summed E-state index contributed by atoms with van der Waals surface area (Å²) in [5.41, 5.74) is 2.40. The fourth-order valence-electron chi connectivity index (χ4n) is 2.22. The van der Waals surface area contributed by atoms with E-state index in [1.54, 1.807) is 24.3 Å². The lowest BCUT2D eigenvalue weighted by Crippen LogP contribution is -2.18. The minimum absolute atomic E-state index is 0.0668. The van der Waals surface area contributed by atoms with Crippen molar-refractivity contribution >= 4 is 23.4 Å². The van der Waals surface area contributed by atoms with E-state index >= 15 is 0 Å². The first kappa shape index (κ1) is 16.2. The molecule has 2 rings (SSSR count). The van der Waals surface area contributed by atoms with Crippen LogP contribution in [0.15, 0.2) is 48.5 Å². The number of methoxy groups -OCH3 is 1. The van der Waals surface area contributed by atoms with Gasteiger partial charge in [0.05, 0.1) is 13.0 Å². The van der Waals surface area contributed by atoms with E-state index < -0.39 is 11.9 Å². The second kappa shape index (κ2) is 7.23. The minimum Gasteiger partial charge on any atom is -0.469 e. The summed E-state index contributed by atoms with van der Waals surface area (Å²) in [4.78, 5) is 24.4. The summed E-state index contributed by atoms with van der Waals surface area (Å²) in [6, 6.07) is 14.2. The number of aryl methyl sites for hydroxylation is 1. The molecule has 4 heteroatoms. The SMILES string of the molecule is COC(=O)C(CC(=O)c1ccc(Cl)cc1)c1ccc(C)cc1. The maximum atomic E-state index is 12.4. The smallest absolute Gasteiger partial charge is 0.313 e. The Labute approximate surface area is 134 Å². The van der Waals surface area contributed by atoms with Crippen LogP contribution in [0.4, 0.5) is 0 Å². The summed E-state index contributed by atoms with van der Waals surface area (Å²) in [6.07, 6.45) is 0.0668. The lowest BCUT2D eigenvalue weighted by molar-refractivity contribution is -0.142. The zero-order valence-electron chi connectivity index (χ0n) is 12.5. The molecule has 22 heavy (non-hydrogen) atoms. The van der Waals surface area contributed by atoms with E-state index in [2.05, 4.69) is 0 Å². The zero-order chi connectivity index (χ0) is 16.1. The number of halogens is 1. The molecule has 0 fully saturated rings. The number of benzene rings is 2. The molecule has 0 aliphatic heterocycles. The molecule has 0 N–H and O–H groups in total. The molecule has 0 bridgehead atoms. The van der Waals surface area contributed by atoms with Crippen molar-refractivity contribution in [2.75, 3.05) is 7.11 Å². The van der Waals surface area contributed by atoms with E-state index in [0.717, 1.165) is 11.1 Å². The molecular weight excluding hydrogens is 300 g/mol. The van der Waals surface area contributed by atoms with Gasteiger partial charge in [0, 0.05) is 17.0 Å². The van der Waals surface area contributed by atoms with Gasteiger partial charge in [-0.2, -0.15) is 0 Å². The van der Waals surface area contributed by atoms with Gasteiger partial charge in [0.1, 0.15) is 0 Å². The van der Waals surface area contributed by atoms with Crippen LogP contribution in [-0.4, -0.2) is 18.9 Å². The highest BCUT2D eigenvalue weighted by molar-refractivity contribution is 6.30.